The van der Waals surface area contributed by atoms with Crippen LogP contribution in [0.5, 0.6) is 0 Å². The van der Waals surface area contributed by atoms with E-state index in [1.54, 1.807) is 11.6 Å². The Morgan fingerprint density at radius 1 is 1.20 bits per heavy atom. The predicted molar refractivity (Wildman–Crippen MR) is 116 cm³/mol. The smallest absolute Gasteiger partial charge is 0.267 e. The molecule has 0 bridgehead atoms. The lowest BCUT2D eigenvalue weighted by Crippen LogP contribution is -2.32. The number of aromatic nitrogens is 1. The average molecular weight is 403 g/mol. The van der Waals surface area contributed by atoms with E-state index in [4.69, 9.17) is 5.21 Å². The summed E-state index contributed by atoms with van der Waals surface area (Å²) in [6.07, 6.45) is 5.22. The third kappa shape index (κ3) is 4.00. The van der Waals surface area contributed by atoms with Crippen LogP contribution in [-0.2, 0) is 16.0 Å². The van der Waals surface area contributed by atoms with Gasteiger partial charge in [0.05, 0.1) is 12.5 Å². The minimum Gasteiger partial charge on any atom is -0.358 e. The average Bonchev–Trinajstić information content (AvgIpc) is 3.37. The molecule has 6 heteroatoms. The van der Waals surface area contributed by atoms with Crippen molar-refractivity contribution in [1.29, 1.82) is 0 Å². The first-order valence-corrected chi connectivity index (χ1v) is 10.1. The van der Waals surface area contributed by atoms with Crippen molar-refractivity contribution >= 4 is 28.8 Å². The van der Waals surface area contributed by atoms with E-state index in [0.717, 1.165) is 52.7 Å². The number of fused-ring (bicyclic) bond motifs is 1. The summed E-state index contributed by atoms with van der Waals surface area (Å²) in [6.45, 7) is 2.79. The number of rotatable bonds is 5. The fraction of sp³-hybridized carbons (Fsp3) is 0.250. The molecular weight excluding hydrogens is 378 g/mol. The number of para-hydroxylation sites is 1. The standard InChI is InChI=1S/C24H25N3O3/c1-16-20(19-5-2-3-6-21(19)25-16)15-24(29)27-14-4-7-22(27)18-11-8-17(9-12-18)10-13-23(28)26-30/h2-3,5-6,8-13,22,25,30H,4,7,14-15H2,1H3,(H,26,28)/b13-10+/t22-/m0/s1. The maximum absolute atomic E-state index is 13.2. The van der Waals surface area contributed by atoms with Gasteiger partial charge in [-0.15, -0.1) is 0 Å². The van der Waals surface area contributed by atoms with E-state index in [2.05, 4.69) is 11.1 Å². The highest BCUT2D eigenvalue weighted by Gasteiger charge is 2.30. The summed E-state index contributed by atoms with van der Waals surface area (Å²) in [5, 5.41) is 9.67. The fourth-order valence-corrected chi connectivity index (χ4v) is 4.27. The van der Waals surface area contributed by atoms with Crippen molar-refractivity contribution in [2.45, 2.75) is 32.2 Å². The lowest BCUT2D eigenvalue weighted by Gasteiger charge is -2.25. The molecule has 3 aromatic rings. The fourth-order valence-electron chi connectivity index (χ4n) is 4.27. The third-order valence-corrected chi connectivity index (χ3v) is 5.79. The number of carbonyl (C=O) groups excluding carboxylic acids is 2. The van der Waals surface area contributed by atoms with Crippen molar-refractivity contribution < 1.29 is 14.8 Å². The number of amides is 2. The summed E-state index contributed by atoms with van der Waals surface area (Å²) in [5.74, 6) is -0.423. The van der Waals surface area contributed by atoms with Crippen LogP contribution in [0.4, 0.5) is 0 Å². The van der Waals surface area contributed by atoms with Crippen LogP contribution in [-0.4, -0.2) is 33.5 Å². The molecule has 154 valence electrons. The highest BCUT2D eigenvalue weighted by atomic mass is 16.5. The second-order valence-electron chi connectivity index (χ2n) is 7.67. The number of hydrogen-bond acceptors (Lipinski definition) is 3. The van der Waals surface area contributed by atoms with Crippen LogP contribution in [0.1, 0.15) is 41.3 Å². The van der Waals surface area contributed by atoms with Crippen molar-refractivity contribution in [2.75, 3.05) is 6.54 Å². The Labute approximate surface area is 175 Å². The lowest BCUT2D eigenvalue weighted by atomic mass is 10.0. The highest BCUT2D eigenvalue weighted by molar-refractivity contribution is 5.91. The Morgan fingerprint density at radius 3 is 2.73 bits per heavy atom. The summed E-state index contributed by atoms with van der Waals surface area (Å²) < 4.78 is 0. The molecule has 1 aliphatic heterocycles. The summed E-state index contributed by atoms with van der Waals surface area (Å²) >= 11 is 0. The zero-order valence-electron chi connectivity index (χ0n) is 16.9. The van der Waals surface area contributed by atoms with E-state index in [9.17, 15) is 9.59 Å². The number of nitrogens with one attached hydrogen (secondary N) is 2. The molecule has 0 radical (unpaired) electrons. The first-order chi connectivity index (χ1) is 14.6. The Morgan fingerprint density at radius 2 is 1.97 bits per heavy atom. The van der Waals surface area contributed by atoms with Crippen LogP contribution >= 0.6 is 0 Å². The van der Waals surface area contributed by atoms with Gasteiger partial charge in [-0.3, -0.25) is 14.8 Å². The van der Waals surface area contributed by atoms with Crippen LogP contribution in [0.15, 0.2) is 54.6 Å². The van der Waals surface area contributed by atoms with E-state index in [0.29, 0.717) is 6.42 Å². The maximum atomic E-state index is 13.2. The van der Waals surface area contributed by atoms with Crippen LogP contribution in [0.3, 0.4) is 0 Å². The van der Waals surface area contributed by atoms with Gasteiger partial charge in [-0.05, 0) is 48.6 Å². The molecule has 0 saturated carbocycles. The van der Waals surface area contributed by atoms with E-state index >= 15 is 0 Å². The largest absolute Gasteiger partial charge is 0.358 e. The van der Waals surface area contributed by atoms with Crippen LogP contribution in [0, 0.1) is 6.92 Å². The molecule has 1 aromatic heterocycles. The quantitative estimate of drug-likeness (QED) is 0.343. The Kier molecular flexibility index (Phi) is 5.68. The van der Waals surface area contributed by atoms with Gasteiger partial charge in [0.15, 0.2) is 0 Å². The molecule has 0 aliphatic carbocycles. The Balaban J connectivity index is 1.50. The minimum atomic E-state index is -0.570. The maximum Gasteiger partial charge on any atom is 0.267 e. The van der Waals surface area contributed by atoms with Crippen LogP contribution < -0.4 is 5.48 Å². The molecule has 6 nitrogen and oxygen atoms in total. The normalized spacial score (nSPS) is 16.5. The number of nitrogens with zero attached hydrogens (tertiary/aromatic N) is 1. The van der Waals surface area contributed by atoms with Gasteiger partial charge in [0.25, 0.3) is 5.91 Å². The molecule has 4 rings (SSSR count). The van der Waals surface area contributed by atoms with Gasteiger partial charge < -0.3 is 9.88 Å². The minimum absolute atomic E-state index is 0.0711. The number of likely N-dealkylation sites (tertiary alicyclic amines) is 1. The van der Waals surface area contributed by atoms with Crippen molar-refractivity contribution in [3.63, 3.8) is 0 Å². The summed E-state index contributed by atoms with van der Waals surface area (Å²) in [7, 11) is 0. The number of benzene rings is 2. The molecular formula is C24H25N3O3. The lowest BCUT2D eigenvalue weighted by molar-refractivity contribution is -0.131. The molecule has 30 heavy (non-hydrogen) atoms. The number of hydroxylamine groups is 1. The van der Waals surface area contributed by atoms with Crippen LogP contribution in [0.25, 0.3) is 17.0 Å². The Hall–Kier alpha value is -3.38. The molecule has 1 atom stereocenters. The number of hydrogen-bond donors (Lipinski definition) is 3. The summed E-state index contributed by atoms with van der Waals surface area (Å²) in [5.41, 5.74) is 6.70. The zero-order chi connectivity index (χ0) is 21.1. The Bertz CT molecular complexity index is 1100. The van der Waals surface area contributed by atoms with E-state index in [1.807, 2.05) is 54.3 Å². The molecule has 1 aliphatic rings. The predicted octanol–water partition coefficient (Wildman–Crippen LogP) is 3.90. The summed E-state index contributed by atoms with van der Waals surface area (Å²) in [6, 6.07) is 16.0. The van der Waals surface area contributed by atoms with Gasteiger partial charge in [-0.1, -0.05) is 42.5 Å². The number of carbonyl (C=O) groups is 2. The van der Waals surface area contributed by atoms with Crippen molar-refractivity contribution in [1.82, 2.24) is 15.4 Å². The molecule has 1 fully saturated rings. The van der Waals surface area contributed by atoms with E-state index in [1.165, 1.54) is 6.08 Å². The van der Waals surface area contributed by atoms with Crippen molar-refractivity contribution in [2.24, 2.45) is 0 Å². The zero-order valence-corrected chi connectivity index (χ0v) is 16.9. The second-order valence-corrected chi connectivity index (χ2v) is 7.67. The second kappa shape index (κ2) is 8.55. The van der Waals surface area contributed by atoms with Crippen molar-refractivity contribution in [3.05, 3.63) is 77.0 Å². The van der Waals surface area contributed by atoms with Crippen molar-refractivity contribution in [3.8, 4) is 0 Å². The first kappa shape index (κ1) is 19.9. The molecule has 0 spiro atoms. The van der Waals surface area contributed by atoms with Gasteiger partial charge in [0, 0.05) is 29.2 Å². The van der Waals surface area contributed by atoms with E-state index in [-0.39, 0.29) is 11.9 Å². The van der Waals surface area contributed by atoms with Crippen LogP contribution in [0.2, 0.25) is 0 Å². The molecule has 3 N–H and O–H groups in total. The van der Waals surface area contributed by atoms with Gasteiger partial charge in [0.1, 0.15) is 0 Å². The molecule has 2 aromatic carbocycles. The molecule has 2 amide bonds. The first-order valence-electron chi connectivity index (χ1n) is 10.1. The van der Waals surface area contributed by atoms with E-state index < -0.39 is 5.91 Å². The molecule has 0 unspecified atom stereocenters. The number of aryl methyl sites for hydroxylation is 1. The van der Waals surface area contributed by atoms with Gasteiger partial charge in [-0.2, -0.15) is 0 Å². The number of aromatic amines is 1. The monoisotopic (exact) mass is 403 g/mol. The SMILES string of the molecule is Cc1[nH]c2ccccc2c1CC(=O)N1CCC[C@H]1c1ccc(/C=C/C(=O)NO)cc1. The van der Waals surface area contributed by atoms with Gasteiger partial charge in [-0.25, -0.2) is 5.48 Å². The summed E-state index contributed by atoms with van der Waals surface area (Å²) in [4.78, 5) is 29.7. The van der Waals surface area contributed by atoms with Gasteiger partial charge >= 0.3 is 0 Å². The van der Waals surface area contributed by atoms with Gasteiger partial charge in [0.2, 0.25) is 5.91 Å². The third-order valence-electron chi connectivity index (χ3n) is 5.79. The highest BCUT2D eigenvalue weighted by Crippen LogP contribution is 2.33. The molecule has 2 heterocycles. The topological polar surface area (TPSA) is 85.4 Å². The number of H-pyrrole nitrogens is 1. The molecule has 1 saturated heterocycles.